The maximum Gasteiger partial charge on any atom is 0.261 e. The van der Waals surface area contributed by atoms with Gasteiger partial charge in [0.25, 0.3) is 10.0 Å². The molecule has 0 bridgehead atoms. The van der Waals surface area contributed by atoms with E-state index in [9.17, 15) is 8.42 Å². The molecule has 0 spiro atoms. The van der Waals surface area contributed by atoms with Crippen molar-refractivity contribution in [3.63, 3.8) is 0 Å². The Balaban J connectivity index is 1.89. The van der Waals surface area contributed by atoms with Crippen molar-refractivity contribution in [1.82, 2.24) is 4.98 Å². The molecule has 1 aromatic heterocycles. The molecule has 2 aromatic carbocycles. The van der Waals surface area contributed by atoms with Crippen molar-refractivity contribution in [3.8, 4) is 11.3 Å². The Kier molecular flexibility index (Phi) is 4.87. The second kappa shape index (κ2) is 6.96. The molecule has 1 heterocycles. The average Bonchev–Trinajstić information content (AvgIpc) is 2.95. The minimum atomic E-state index is -3.66. The molecule has 136 valence electrons. The summed E-state index contributed by atoms with van der Waals surface area (Å²) in [5.74, 6) is 1.30. The van der Waals surface area contributed by atoms with Crippen molar-refractivity contribution < 1.29 is 12.8 Å². The predicted octanol–water partition coefficient (Wildman–Crippen LogP) is 4.63. The summed E-state index contributed by atoms with van der Waals surface area (Å²) in [4.78, 5) is 4.55. The highest BCUT2D eigenvalue weighted by atomic mass is 32.2. The first-order valence-electron chi connectivity index (χ1n) is 8.47. The number of anilines is 1. The molecule has 0 aliphatic carbocycles. The molecular weight excluding hydrogens is 348 g/mol. The molecule has 0 fully saturated rings. The normalized spacial score (nSPS) is 11.5. The molecule has 5 nitrogen and oxygen atoms in total. The lowest BCUT2D eigenvalue weighted by Crippen LogP contribution is -2.14. The van der Waals surface area contributed by atoms with Gasteiger partial charge < -0.3 is 4.42 Å². The molecule has 0 saturated carbocycles. The maximum absolute atomic E-state index is 12.7. The summed E-state index contributed by atoms with van der Waals surface area (Å²) in [6, 6.07) is 12.5. The zero-order chi connectivity index (χ0) is 18.9. The maximum atomic E-state index is 12.7. The number of rotatable bonds is 5. The van der Waals surface area contributed by atoms with E-state index in [2.05, 4.69) is 9.71 Å². The molecule has 0 radical (unpaired) electrons. The van der Waals surface area contributed by atoms with E-state index in [-0.39, 0.29) is 4.90 Å². The smallest absolute Gasteiger partial charge is 0.261 e. The summed E-state index contributed by atoms with van der Waals surface area (Å²) in [7, 11) is -3.66. The summed E-state index contributed by atoms with van der Waals surface area (Å²) in [5, 5.41) is 0. The Morgan fingerprint density at radius 3 is 2.31 bits per heavy atom. The van der Waals surface area contributed by atoms with Crippen LogP contribution in [-0.4, -0.2) is 13.4 Å². The molecule has 3 rings (SSSR count). The van der Waals surface area contributed by atoms with Crippen molar-refractivity contribution in [2.45, 2.75) is 39.0 Å². The standard InChI is InChI=1S/C20H22N2O3S/c1-5-16-7-6-13(2)19(12-16)22-26(23,24)18-10-8-17(9-11-18)20-14(3)25-15(4)21-20/h6-12,22H,5H2,1-4H3. The van der Waals surface area contributed by atoms with E-state index in [0.29, 0.717) is 17.3 Å². The number of aryl methyl sites for hydroxylation is 4. The average molecular weight is 370 g/mol. The monoisotopic (exact) mass is 370 g/mol. The van der Waals surface area contributed by atoms with Crippen molar-refractivity contribution in [1.29, 1.82) is 0 Å². The first kappa shape index (κ1) is 18.2. The fourth-order valence-electron chi connectivity index (χ4n) is 2.79. The van der Waals surface area contributed by atoms with E-state index in [1.807, 2.05) is 39.0 Å². The number of hydrogen-bond donors (Lipinski definition) is 1. The third kappa shape index (κ3) is 3.65. The highest BCUT2D eigenvalue weighted by Gasteiger charge is 2.17. The third-order valence-corrected chi connectivity index (χ3v) is 5.68. The number of nitrogens with zero attached hydrogens (tertiary/aromatic N) is 1. The van der Waals surface area contributed by atoms with Crippen LogP contribution in [0.1, 0.15) is 29.7 Å². The SMILES string of the molecule is CCc1ccc(C)c(NS(=O)(=O)c2ccc(-c3nc(C)oc3C)cc2)c1. The highest BCUT2D eigenvalue weighted by molar-refractivity contribution is 7.92. The molecule has 0 atom stereocenters. The van der Waals surface area contributed by atoms with E-state index in [4.69, 9.17) is 4.42 Å². The van der Waals surface area contributed by atoms with E-state index >= 15 is 0 Å². The molecule has 26 heavy (non-hydrogen) atoms. The Morgan fingerprint density at radius 1 is 1.04 bits per heavy atom. The lowest BCUT2D eigenvalue weighted by molar-refractivity contribution is 0.495. The zero-order valence-electron chi connectivity index (χ0n) is 15.3. The van der Waals surface area contributed by atoms with Gasteiger partial charge in [0, 0.05) is 12.5 Å². The molecule has 0 saturated heterocycles. The van der Waals surface area contributed by atoms with Crippen LogP contribution in [0.5, 0.6) is 0 Å². The summed E-state index contributed by atoms with van der Waals surface area (Å²) in [5.41, 5.74) is 4.13. The Labute approximate surface area is 154 Å². The highest BCUT2D eigenvalue weighted by Crippen LogP contribution is 2.26. The van der Waals surface area contributed by atoms with E-state index < -0.39 is 10.0 Å². The van der Waals surface area contributed by atoms with Gasteiger partial charge in [-0.15, -0.1) is 0 Å². The lowest BCUT2D eigenvalue weighted by Gasteiger charge is -2.12. The van der Waals surface area contributed by atoms with Gasteiger partial charge in [-0.1, -0.05) is 31.2 Å². The number of benzene rings is 2. The van der Waals surface area contributed by atoms with Crippen LogP contribution in [0.4, 0.5) is 5.69 Å². The van der Waals surface area contributed by atoms with Gasteiger partial charge in [-0.2, -0.15) is 0 Å². The summed E-state index contributed by atoms with van der Waals surface area (Å²) in [6.07, 6.45) is 0.847. The van der Waals surface area contributed by atoms with Crippen LogP contribution >= 0.6 is 0 Å². The van der Waals surface area contributed by atoms with Gasteiger partial charge in [-0.05, 0) is 49.6 Å². The van der Waals surface area contributed by atoms with Crippen LogP contribution in [-0.2, 0) is 16.4 Å². The van der Waals surface area contributed by atoms with Gasteiger partial charge in [0.05, 0.1) is 10.6 Å². The molecule has 0 aliphatic heterocycles. The van der Waals surface area contributed by atoms with Crippen LogP contribution in [0.2, 0.25) is 0 Å². The van der Waals surface area contributed by atoms with Crippen LogP contribution in [0, 0.1) is 20.8 Å². The van der Waals surface area contributed by atoms with Gasteiger partial charge >= 0.3 is 0 Å². The fraction of sp³-hybridized carbons (Fsp3) is 0.250. The molecular formula is C20H22N2O3S. The second-order valence-electron chi connectivity index (χ2n) is 6.27. The first-order valence-corrected chi connectivity index (χ1v) is 9.95. The number of nitrogens with one attached hydrogen (secondary N) is 1. The van der Waals surface area contributed by atoms with Gasteiger partial charge in [0.1, 0.15) is 11.5 Å². The molecule has 6 heteroatoms. The van der Waals surface area contributed by atoms with E-state index in [0.717, 1.165) is 28.8 Å². The fourth-order valence-corrected chi connectivity index (χ4v) is 3.91. The van der Waals surface area contributed by atoms with Crippen LogP contribution < -0.4 is 4.72 Å². The van der Waals surface area contributed by atoms with E-state index in [1.54, 1.807) is 31.2 Å². The van der Waals surface area contributed by atoms with Crippen molar-refractivity contribution in [2.75, 3.05) is 4.72 Å². The van der Waals surface area contributed by atoms with Crippen molar-refractivity contribution >= 4 is 15.7 Å². The van der Waals surface area contributed by atoms with Gasteiger partial charge in [-0.25, -0.2) is 13.4 Å². The summed E-state index contributed by atoms with van der Waals surface area (Å²) in [6.45, 7) is 7.54. The van der Waals surface area contributed by atoms with Crippen molar-refractivity contribution in [2.24, 2.45) is 0 Å². The third-order valence-electron chi connectivity index (χ3n) is 4.30. The van der Waals surface area contributed by atoms with Crippen molar-refractivity contribution in [3.05, 3.63) is 65.2 Å². The minimum absolute atomic E-state index is 0.209. The second-order valence-corrected chi connectivity index (χ2v) is 7.95. The Bertz CT molecular complexity index is 1040. The number of oxazole rings is 1. The van der Waals surface area contributed by atoms with E-state index in [1.165, 1.54) is 0 Å². The summed E-state index contributed by atoms with van der Waals surface area (Å²) < 4.78 is 33.6. The quantitative estimate of drug-likeness (QED) is 0.711. The molecule has 0 amide bonds. The first-order chi connectivity index (χ1) is 12.3. The number of sulfonamides is 1. The zero-order valence-corrected chi connectivity index (χ0v) is 16.1. The predicted molar refractivity (Wildman–Crippen MR) is 103 cm³/mol. The number of hydrogen-bond acceptors (Lipinski definition) is 4. The van der Waals surface area contributed by atoms with Crippen LogP contribution in [0.3, 0.4) is 0 Å². The molecule has 0 unspecified atom stereocenters. The minimum Gasteiger partial charge on any atom is -0.446 e. The summed E-state index contributed by atoms with van der Waals surface area (Å²) >= 11 is 0. The Hall–Kier alpha value is -2.60. The topological polar surface area (TPSA) is 72.2 Å². The van der Waals surface area contributed by atoms with Gasteiger partial charge in [-0.3, -0.25) is 4.72 Å². The number of aromatic nitrogens is 1. The lowest BCUT2D eigenvalue weighted by atomic mass is 10.1. The van der Waals surface area contributed by atoms with Crippen LogP contribution in [0.15, 0.2) is 51.8 Å². The molecule has 1 N–H and O–H groups in total. The Morgan fingerprint density at radius 2 is 1.73 bits per heavy atom. The largest absolute Gasteiger partial charge is 0.446 e. The molecule has 0 aliphatic rings. The van der Waals surface area contributed by atoms with Gasteiger partial charge in [0.2, 0.25) is 0 Å². The van der Waals surface area contributed by atoms with Gasteiger partial charge in [0.15, 0.2) is 5.89 Å². The van der Waals surface area contributed by atoms with Crippen LogP contribution in [0.25, 0.3) is 11.3 Å². The molecule has 3 aromatic rings.